The van der Waals surface area contributed by atoms with Gasteiger partial charge in [0.2, 0.25) is 0 Å². The zero-order chi connectivity index (χ0) is 14.4. The van der Waals surface area contributed by atoms with Gasteiger partial charge in [0.1, 0.15) is 0 Å². The van der Waals surface area contributed by atoms with Crippen LogP contribution in [-0.2, 0) is 5.92 Å². The van der Waals surface area contributed by atoms with Gasteiger partial charge in [-0.3, -0.25) is 4.98 Å². The van der Waals surface area contributed by atoms with Crippen LogP contribution in [0.1, 0.15) is 62.9 Å². The Morgan fingerprint density at radius 3 is 2.37 bits per heavy atom. The highest BCUT2D eigenvalue weighted by Gasteiger charge is 2.41. The summed E-state index contributed by atoms with van der Waals surface area (Å²) in [5, 5.41) is 0. The number of alkyl halides is 2. The van der Waals surface area contributed by atoms with Gasteiger partial charge < -0.3 is 4.90 Å². The maximum atomic E-state index is 14.2. The molecule has 0 unspecified atom stereocenters. The second-order valence-corrected chi connectivity index (χ2v) is 6.01. The summed E-state index contributed by atoms with van der Waals surface area (Å²) >= 11 is 0. The molecule has 0 N–H and O–H groups in total. The standard InChI is InChI=1S/C15H22F2N2/c1-9(2)12-8-11-14(13(18-12)10(3)4)19(5)7-6-15(11,16)17/h8-10H,6-7H2,1-5H3. The van der Waals surface area contributed by atoms with Crippen LogP contribution in [0.3, 0.4) is 0 Å². The highest BCUT2D eigenvalue weighted by molar-refractivity contribution is 5.62. The topological polar surface area (TPSA) is 16.1 Å². The Hall–Kier alpha value is -1.19. The van der Waals surface area contributed by atoms with Crippen molar-refractivity contribution in [3.8, 4) is 0 Å². The molecular formula is C15H22F2N2. The molecule has 0 saturated heterocycles. The molecule has 2 heterocycles. The van der Waals surface area contributed by atoms with Gasteiger partial charge in [-0.1, -0.05) is 27.7 Å². The lowest BCUT2D eigenvalue weighted by atomic mass is 9.92. The summed E-state index contributed by atoms with van der Waals surface area (Å²) in [6.45, 7) is 8.37. The van der Waals surface area contributed by atoms with Crippen molar-refractivity contribution in [1.82, 2.24) is 4.98 Å². The molecule has 2 nitrogen and oxygen atoms in total. The fourth-order valence-corrected chi connectivity index (χ4v) is 2.51. The monoisotopic (exact) mass is 268 g/mol. The molecule has 0 spiro atoms. The number of anilines is 1. The van der Waals surface area contributed by atoms with E-state index in [0.29, 0.717) is 12.2 Å². The van der Waals surface area contributed by atoms with Crippen LogP contribution < -0.4 is 4.90 Å². The molecule has 4 heteroatoms. The molecule has 1 aliphatic heterocycles. The zero-order valence-corrected chi connectivity index (χ0v) is 12.3. The minimum absolute atomic E-state index is 0.115. The van der Waals surface area contributed by atoms with Gasteiger partial charge in [0.25, 0.3) is 5.92 Å². The first kappa shape index (κ1) is 14.2. The summed E-state index contributed by atoms with van der Waals surface area (Å²) in [6.07, 6.45) is -0.115. The molecule has 0 aromatic carbocycles. The molecule has 19 heavy (non-hydrogen) atoms. The van der Waals surface area contributed by atoms with E-state index < -0.39 is 5.92 Å². The van der Waals surface area contributed by atoms with Crippen molar-refractivity contribution in [2.45, 2.75) is 51.9 Å². The average molecular weight is 268 g/mol. The van der Waals surface area contributed by atoms with Crippen LogP contribution >= 0.6 is 0 Å². The third-order valence-corrected chi connectivity index (χ3v) is 3.71. The first-order chi connectivity index (χ1) is 8.74. The summed E-state index contributed by atoms with van der Waals surface area (Å²) in [5.74, 6) is -2.44. The second kappa shape index (κ2) is 4.73. The van der Waals surface area contributed by atoms with Gasteiger partial charge >= 0.3 is 0 Å². The lowest BCUT2D eigenvalue weighted by Gasteiger charge is -2.35. The van der Waals surface area contributed by atoms with E-state index in [-0.39, 0.29) is 23.8 Å². The third-order valence-electron chi connectivity index (χ3n) is 3.71. The van der Waals surface area contributed by atoms with Gasteiger partial charge in [0, 0.05) is 31.3 Å². The van der Waals surface area contributed by atoms with Crippen molar-refractivity contribution in [2.24, 2.45) is 0 Å². The van der Waals surface area contributed by atoms with E-state index in [4.69, 9.17) is 0 Å². The number of pyridine rings is 1. The zero-order valence-electron chi connectivity index (χ0n) is 12.3. The average Bonchev–Trinajstić information content (AvgIpc) is 2.33. The third kappa shape index (κ3) is 2.45. The van der Waals surface area contributed by atoms with E-state index >= 15 is 0 Å². The summed E-state index contributed by atoms with van der Waals surface area (Å²) in [4.78, 5) is 6.54. The Kier molecular flexibility index (Phi) is 3.54. The molecule has 0 aliphatic carbocycles. The number of rotatable bonds is 2. The molecule has 0 atom stereocenters. The molecule has 0 radical (unpaired) electrons. The molecule has 106 valence electrons. The largest absolute Gasteiger partial charge is 0.372 e. The minimum Gasteiger partial charge on any atom is -0.372 e. The van der Waals surface area contributed by atoms with Crippen LogP contribution in [0.25, 0.3) is 0 Å². The highest BCUT2D eigenvalue weighted by Crippen LogP contribution is 2.45. The van der Waals surface area contributed by atoms with Crippen molar-refractivity contribution in [2.75, 3.05) is 18.5 Å². The number of fused-ring (bicyclic) bond motifs is 1. The number of aromatic nitrogens is 1. The SMILES string of the molecule is CC(C)c1cc2c(c(C(C)C)n1)N(C)CCC2(F)F. The number of hydrogen-bond acceptors (Lipinski definition) is 2. The first-order valence-corrected chi connectivity index (χ1v) is 6.88. The van der Waals surface area contributed by atoms with Gasteiger partial charge in [0.15, 0.2) is 0 Å². The summed E-state index contributed by atoms with van der Waals surface area (Å²) in [5.41, 5.74) is 2.35. The molecule has 1 aromatic rings. The van der Waals surface area contributed by atoms with Crippen molar-refractivity contribution in [3.63, 3.8) is 0 Å². The molecule has 0 fully saturated rings. The summed E-state index contributed by atoms with van der Waals surface area (Å²) in [7, 11) is 1.87. The quantitative estimate of drug-likeness (QED) is 0.796. The van der Waals surface area contributed by atoms with Crippen LogP contribution in [0, 0.1) is 0 Å². The van der Waals surface area contributed by atoms with Crippen molar-refractivity contribution >= 4 is 5.69 Å². The molecular weight excluding hydrogens is 246 g/mol. The van der Waals surface area contributed by atoms with Crippen LogP contribution in [0.2, 0.25) is 0 Å². The van der Waals surface area contributed by atoms with Gasteiger partial charge in [0.05, 0.1) is 11.4 Å². The van der Waals surface area contributed by atoms with Crippen LogP contribution in [0.15, 0.2) is 6.07 Å². The summed E-state index contributed by atoms with van der Waals surface area (Å²) < 4.78 is 28.4. The van der Waals surface area contributed by atoms with Gasteiger partial charge in [-0.2, -0.15) is 0 Å². The Bertz CT molecular complexity index is 481. The predicted octanol–water partition coefficient (Wildman–Crippen LogP) is 4.26. The molecule has 0 amide bonds. The fourth-order valence-electron chi connectivity index (χ4n) is 2.51. The van der Waals surface area contributed by atoms with Crippen LogP contribution in [0.4, 0.5) is 14.5 Å². The Labute approximate surface area is 113 Å². The van der Waals surface area contributed by atoms with E-state index in [1.165, 1.54) is 0 Å². The molecule has 1 aromatic heterocycles. The molecule has 0 bridgehead atoms. The summed E-state index contributed by atoms with van der Waals surface area (Å²) in [6, 6.07) is 1.60. The maximum Gasteiger partial charge on any atom is 0.277 e. The molecule has 0 saturated carbocycles. The van der Waals surface area contributed by atoms with Gasteiger partial charge in [-0.25, -0.2) is 8.78 Å². The van der Waals surface area contributed by atoms with Gasteiger partial charge in [-0.15, -0.1) is 0 Å². The highest BCUT2D eigenvalue weighted by atomic mass is 19.3. The smallest absolute Gasteiger partial charge is 0.277 e. The van der Waals surface area contributed by atoms with E-state index in [1.807, 2.05) is 39.6 Å². The minimum atomic E-state index is -2.74. The molecule has 1 aliphatic rings. The maximum absolute atomic E-state index is 14.2. The van der Waals surface area contributed by atoms with Crippen molar-refractivity contribution < 1.29 is 8.78 Å². The number of halogens is 2. The van der Waals surface area contributed by atoms with E-state index in [0.717, 1.165) is 11.4 Å². The van der Waals surface area contributed by atoms with Crippen molar-refractivity contribution in [1.29, 1.82) is 0 Å². The van der Waals surface area contributed by atoms with Gasteiger partial charge in [-0.05, 0) is 17.9 Å². The van der Waals surface area contributed by atoms with E-state index in [1.54, 1.807) is 6.07 Å². The number of hydrogen-bond donors (Lipinski definition) is 0. The Morgan fingerprint density at radius 2 is 1.84 bits per heavy atom. The lowest BCUT2D eigenvalue weighted by Crippen LogP contribution is -2.35. The van der Waals surface area contributed by atoms with Crippen LogP contribution in [0.5, 0.6) is 0 Å². The van der Waals surface area contributed by atoms with Crippen LogP contribution in [-0.4, -0.2) is 18.6 Å². The molecule has 2 rings (SSSR count). The number of nitrogens with zero attached hydrogens (tertiary/aromatic N) is 2. The second-order valence-electron chi connectivity index (χ2n) is 6.01. The van der Waals surface area contributed by atoms with E-state index in [9.17, 15) is 8.78 Å². The van der Waals surface area contributed by atoms with E-state index in [2.05, 4.69) is 4.98 Å². The fraction of sp³-hybridized carbons (Fsp3) is 0.667. The first-order valence-electron chi connectivity index (χ1n) is 6.88. The Morgan fingerprint density at radius 1 is 1.21 bits per heavy atom. The van der Waals surface area contributed by atoms with Crippen molar-refractivity contribution in [3.05, 3.63) is 23.0 Å². The normalized spacial score (nSPS) is 18.1. The lowest BCUT2D eigenvalue weighted by molar-refractivity contribution is -0.0150. The predicted molar refractivity (Wildman–Crippen MR) is 74.2 cm³/mol. The Balaban J connectivity index is 2.71.